The number of anilines is 1. The Bertz CT molecular complexity index is 259. The molecule has 0 aliphatic rings. The van der Waals surface area contributed by atoms with Crippen molar-refractivity contribution in [1.29, 1.82) is 0 Å². The Morgan fingerprint density at radius 1 is 1.73 bits per heavy atom. The minimum Gasteiger partial charge on any atom is -0.394 e. The molecule has 3 N–H and O–H groups in total. The summed E-state index contributed by atoms with van der Waals surface area (Å²) in [4.78, 5) is 0. The molecule has 4 nitrogen and oxygen atoms in total. The fourth-order valence-electron chi connectivity index (χ4n) is 0.843. The van der Waals surface area contributed by atoms with Crippen molar-refractivity contribution in [2.45, 2.75) is 13.5 Å². The Hall–Kier alpha value is -1.10. The smallest absolute Gasteiger partial charge is 0.187 e. The maximum atomic E-state index is 12.8. The number of nitrogen functional groups attached to an aromatic ring is 1. The lowest BCUT2D eigenvalue weighted by Gasteiger charge is -1.98. The zero-order valence-electron chi connectivity index (χ0n) is 6.21. The first-order chi connectivity index (χ1) is 5.16. The average Bonchev–Trinajstić information content (AvgIpc) is 2.19. The second kappa shape index (κ2) is 2.87. The fraction of sp³-hybridized carbons (Fsp3) is 0.500. The van der Waals surface area contributed by atoms with Crippen LogP contribution in [0, 0.1) is 12.7 Å². The molecule has 0 bridgehead atoms. The van der Waals surface area contributed by atoms with Gasteiger partial charge < -0.3 is 10.8 Å². The van der Waals surface area contributed by atoms with Crippen LogP contribution >= 0.6 is 0 Å². The Balaban J connectivity index is 2.98. The summed E-state index contributed by atoms with van der Waals surface area (Å²) in [6.07, 6.45) is 0. The van der Waals surface area contributed by atoms with E-state index in [2.05, 4.69) is 5.10 Å². The number of aliphatic hydroxyl groups is 1. The molecule has 1 rings (SSSR count). The van der Waals surface area contributed by atoms with Gasteiger partial charge in [-0.2, -0.15) is 5.10 Å². The van der Waals surface area contributed by atoms with Crippen molar-refractivity contribution in [2.75, 3.05) is 12.3 Å². The van der Waals surface area contributed by atoms with E-state index in [1.54, 1.807) is 0 Å². The highest BCUT2D eigenvalue weighted by molar-refractivity contribution is 5.32. The Labute approximate surface area is 63.4 Å². The van der Waals surface area contributed by atoms with Gasteiger partial charge in [0.15, 0.2) is 11.6 Å². The third-order valence-electron chi connectivity index (χ3n) is 1.40. The van der Waals surface area contributed by atoms with Crippen molar-refractivity contribution in [3.05, 3.63) is 11.5 Å². The van der Waals surface area contributed by atoms with Gasteiger partial charge in [-0.1, -0.05) is 0 Å². The van der Waals surface area contributed by atoms with Crippen molar-refractivity contribution >= 4 is 5.82 Å². The zero-order valence-corrected chi connectivity index (χ0v) is 6.21. The number of nitrogens with two attached hydrogens (primary N) is 1. The highest BCUT2D eigenvalue weighted by Crippen LogP contribution is 2.12. The van der Waals surface area contributed by atoms with E-state index in [4.69, 9.17) is 10.8 Å². The van der Waals surface area contributed by atoms with E-state index in [0.29, 0.717) is 0 Å². The highest BCUT2D eigenvalue weighted by Gasteiger charge is 2.10. The molecule has 62 valence electrons. The molecule has 11 heavy (non-hydrogen) atoms. The predicted octanol–water partition coefficient (Wildman–Crippen LogP) is -0.0949. The van der Waals surface area contributed by atoms with E-state index in [1.807, 2.05) is 0 Å². The number of aliphatic hydroxyl groups excluding tert-OH is 1. The van der Waals surface area contributed by atoms with Crippen molar-refractivity contribution in [1.82, 2.24) is 9.78 Å². The van der Waals surface area contributed by atoms with Gasteiger partial charge in [0.2, 0.25) is 0 Å². The monoisotopic (exact) mass is 159 g/mol. The number of nitrogens with zero attached hydrogens (tertiary/aromatic N) is 2. The molecule has 0 amide bonds. The van der Waals surface area contributed by atoms with E-state index in [1.165, 1.54) is 11.6 Å². The molecule has 1 aromatic rings. The van der Waals surface area contributed by atoms with Crippen molar-refractivity contribution in [2.24, 2.45) is 0 Å². The molecular weight excluding hydrogens is 149 g/mol. The second-order valence-corrected chi connectivity index (χ2v) is 2.23. The summed E-state index contributed by atoms with van der Waals surface area (Å²) < 4.78 is 14.0. The van der Waals surface area contributed by atoms with Gasteiger partial charge in [-0.3, -0.25) is 0 Å². The van der Waals surface area contributed by atoms with Crippen molar-refractivity contribution < 1.29 is 9.50 Å². The number of hydrogen-bond donors (Lipinski definition) is 2. The summed E-state index contributed by atoms with van der Waals surface area (Å²) in [6, 6.07) is 0. The highest BCUT2D eigenvalue weighted by atomic mass is 19.1. The molecule has 0 spiro atoms. The molecule has 0 saturated heterocycles. The number of halogens is 1. The topological polar surface area (TPSA) is 64.1 Å². The normalized spacial score (nSPS) is 10.5. The average molecular weight is 159 g/mol. The van der Waals surface area contributed by atoms with Crippen LogP contribution in [0.3, 0.4) is 0 Å². The third-order valence-corrected chi connectivity index (χ3v) is 1.40. The van der Waals surface area contributed by atoms with E-state index in [0.717, 1.165) is 0 Å². The molecular formula is C6H10FN3O. The third kappa shape index (κ3) is 1.32. The summed E-state index contributed by atoms with van der Waals surface area (Å²) in [7, 11) is 0. The van der Waals surface area contributed by atoms with Crippen molar-refractivity contribution in [3.63, 3.8) is 0 Å². The molecule has 5 heteroatoms. The Morgan fingerprint density at radius 3 is 2.73 bits per heavy atom. The first-order valence-electron chi connectivity index (χ1n) is 3.26. The predicted molar refractivity (Wildman–Crippen MR) is 38.4 cm³/mol. The van der Waals surface area contributed by atoms with Crippen LogP contribution in [-0.2, 0) is 6.54 Å². The Kier molecular flexibility index (Phi) is 2.09. The Morgan fingerprint density at radius 2 is 2.36 bits per heavy atom. The molecule has 1 heterocycles. The summed E-state index contributed by atoms with van der Waals surface area (Å²) in [6.45, 7) is 1.67. The number of hydrogen-bond acceptors (Lipinski definition) is 3. The van der Waals surface area contributed by atoms with E-state index in [9.17, 15) is 4.39 Å². The number of aryl methyl sites for hydroxylation is 1. The van der Waals surface area contributed by atoms with Crippen molar-refractivity contribution in [3.8, 4) is 0 Å². The van der Waals surface area contributed by atoms with Crippen LogP contribution in [0.15, 0.2) is 0 Å². The van der Waals surface area contributed by atoms with E-state index in [-0.39, 0.29) is 24.7 Å². The van der Waals surface area contributed by atoms with E-state index >= 15 is 0 Å². The number of aromatic nitrogens is 2. The minimum absolute atomic E-state index is 0.0171. The zero-order chi connectivity index (χ0) is 8.43. The van der Waals surface area contributed by atoms with Gasteiger partial charge in [0.05, 0.1) is 18.8 Å². The largest absolute Gasteiger partial charge is 0.394 e. The van der Waals surface area contributed by atoms with Gasteiger partial charge in [0, 0.05) is 0 Å². The molecule has 0 aromatic carbocycles. The molecule has 0 radical (unpaired) electrons. The lowest BCUT2D eigenvalue weighted by molar-refractivity contribution is 0.270. The maximum absolute atomic E-state index is 12.8. The van der Waals surface area contributed by atoms with Crippen LogP contribution in [-0.4, -0.2) is 21.5 Å². The molecule has 0 unspecified atom stereocenters. The van der Waals surface area contributed by atoms with E-state index < -0.39 is 5.82 Å². The fourth-order valence-corrected chi connectivity index (χ4v) is 0.843. The van der Waals surface area contributed by atoms with Gasteiger partial charge in [-0.15, -0.1) is 0 Å². The lowest BCUT2D eigenvalue weighted by Crippen LogP contribution is -2.07. The first kappa shape index (κ1) is 8.00. The first-order valence-corrected chi connectivity index (χ1v) is 3.26. The standard InChI is InChI=1S/C6H10FN3O/c1-4-5(7)6(8)10(9-4)2-3-11/h11H,2-3,8H2,1H3. The SMILES string of the molecule is Cc1nn(CCO)c(N)c1F. The molecule has 0 fully saturated rings. The lowest BCUT2D eigenvalue weighted by atomic mass is 10.4. The molecule has 0 aliphatic carbocycles. The molecule has 0 atom stereocenters. The quantitative estimate of drug-likeness (QED) is 0.633. The maximum Gasteiger partial charge on any atom is 0.187 e. The summed E-state index contributed by atoms with van der Waals surface area (Å²) >= 11 is 0. The van der Waals surface area contributed by atoms with Gasteiger partial charge >= 0.3 is 0 Å². The van der Waals surface area contributed by atoms with Gasteiger partial charge in [-0.05, 0) is 6.92 Å². The molecule has 0 saturated carbocycles. The van der Waals surface area contributed by atoms with Gasteiger partial charge in [0.25, 0.3) is 0 Å². The summed E-state index contributed by atoms with van der Waals surface area (Å²) in [5.74, 6) is -0.519. The minimum atomic E-state index is -0.501. The van der Waals surface area contributed by atoms with Crippen LogP contribution in [0.5, 0.6) is 0 Å². The summed E-state index contributed by atoms with van der Waals surface area (Å²) in [5.41, 5.74) is 5.56. The van der Waals surface area contributed by atoms with Crippen LogP contribution in [0.1, 0.15) is 5.69 Å². The molecule has 0 aliphatic heterocycles. The summed E-state index contributed by atoms with van der Waals surface area (Å²) in [5, 5.41) is 12.3. The number of rotatable bonds is 2. The van der Waals surface area contributed by atoms with Crippen LogP contribution in [0.2, 0.25) is 0 Å². The molecule has 1 aromatic heterocycles. The van der Waals surface area contributed by atoms with Crippen LogP contribution in [0.4, 0.5) is 10.2 Å². The van der Waals surface area contributed by atoms with Gasteiger partial charge in [0.1, 0.15) is 0 Å². The van der Waals surface area contributed by atoms with Crippen LogP contribution in [0.25, 0.3) is 0 Å². The van der Waals surface area contributed by atoms with Gasteiger partial charge in [-0.25, -0.2) is 9.07 Å². The van der Waals surface area contributed by atoms with Crippen LogP contribution < -0.4 is 5.73 Å². The second-order valence-electron chi connectivity index (χ2n) is 2.23.